The third-order valence-corrected chi connectivity index (χ3v) is 6.27. The number of hydrazine groups is 1. The predicted octanol–water partition coefficient (Wildman–Crippen LogP) is 2.25. The maximum Gasteiger partial charge on any atom is 0.260 e. The molecule has 0 radical (unpaired) electrons. The summed E-state index contributed by atoms with van der Waals surface area (Å²) >= 11 is 0. The molecule has 5 rings (SSSR count). The van der Waals surface area contributed by atoms with E-state index < -0.39 is 6.04 Å². The molecule has 1 unspecified atom stereocenters. The fraction of sp³-hybridized carbons (Fsp3) is 0.632. The van der Waals surface area contributed by atoms with Gasteiger partial charge in [0.25, 0.3) is 5.91 Å². The molecule has 4 fully saturated rings. The number of rotatable bonds is 5. The quantitative estimate of drug-likeness (QED) is 0.717. The van der Waals surface area contributed by atoms with Crippen LogP contribution in [0.4, 0.5) is 5.69 Å². The first-order valence-electron chi connectivity index (χ1n) is 9.31. The average molecular weight is 342 g/mol. The highest BCUT2D eigenvalue weighted by atomic mass is 16.2. The van der Waals surface area contributed by atoms with Crippen molar-refractivity contribution < 1.29 is 9.59 Å². The third kappa shape index (κ3) is 3.22. The summed E-state index contributed by atoms with van der Waals surface area (Å²) in [6.45, 7) is 1.74. The van der Waals surface area contributed by atoms with Crippen LogP contribution in [0.1, 0.15) is 45.4 Å². The summed E-state index contributed by atoms with van der Waals surface area (Å²) < 4.78 is 0. The number of hydrogen-bond acceptors (Lipinski definition) is 4. The van der Waals surface area contributed by atoms with Crippen molar-refractivity contribution in [1.29, 1.82) is 0 Å². The maximum absolute atomic E-state index is 13.0. The number of carbonyl (C=O) groups excluding carboxylic acids is 2. The number of aromatic nitrogens is 1. The molecule has 1 atom stereocenters. The first-order valence-corrected chi connectivity index (χ1v) is 9.31. The monoisotopic (exact) mass is 342 g/mol. The molecule has 1 aromatic heterocycles. The van der Waals surface area contributed by atoms with Gasteiger partial charge in [-0.1, -0.05) is 0 Å². The molecule has 134 valence electrons. The van der Waals surface area contributed by atoms with Gasteiger partial charge in [-0.05, 0) is 75.3 Å². The van der Waals surface area contributed by atoms with Crippen LogP contribution in [0, 0.1) is 23.2 Å². The molecule has 0 aromatic carbocycles. The number of nitrogens with one attached hydrogen (secondary N) is 3. The minimum absolute atomic E-state index is 0.0816. The van der Waals surface area contributed by atoms with Gasteiger partial charge in [0.2, 0.25) is 5.91 Å². The van der Waals surface area contributed by atoms with Gasteiger partial charge in [0.15, 0.2) is 0 Å². The topological polar surface area (TPSA) is 83.1 Å². The molecule has 25 heavy (non-hydrogen) atoms. The summed E-state index contributed by atoms with van der Waals surface area (Å²) in [5.41, 5.74) is 6.02. The predicted molar refractivity (Wildman–Crippen MR) is 94.2 cm³/mol. The number of carbonyl (C=O) groups is 2. The standard InChI is InChI=1S/C19H26N4O2/c1-12(17(24)23-22-16-2-4-20-5-3-16)21-18(25)19-9-13-6-14(10-19)8-15(7-13)11-19/h2-5,12-15H,6-11H2,1H3,(H,20,22)(H,21,25)(H,23,24). The molecule has 4 bridgehead atoms. The van der Waals surface area contributed by atoms with E-state index in [1.807, 2.05) is 0 Å². The van der Waals surface area contributed by atoms with Crippen molar-refractivity contribution >= 4 is 17.5 Å². The minimum Gasteiger partial charge on any atom is -0.344 e. The van der Waals surface area contributed by atoms with Crippen LogP contribution in [0.2, 0.25) is 0 Å². The zero-order chi connectivity index (χ0) is 17.4. The number of amides is 2. The van der Waals surface area contributed by atoms with E-state index >= 15 is 0 Å². The molecule has 1 heterocycles. The Morgan fingerprint density at radius 2 is 1.64 bits per heavy atom. The lowest BCUT2D eigenvalue weighted by Gasteiger charge is -2.55. The second-order valence-electron chi connectivity index (χ2n) is 8.24. The van der Waals surface area contributed by atoms with Crippen molar-refractivity contribution in [3.63, 3.8) is 0 Å². The highest BCUT2D eigenvalue weighted by Gasteiger charge is 2.54. The molecule has 4 saturated carbocycles. The van der Waals surface area contributed by atoms with Gasteiger partial charge in [-0.15, -0.1) is 0 Å². The largest absolute Gasteiger partial charge is 0.344 e. The number of nitrogens with zero attached hydrogens (tertiary/aromatic N) is 1. The van der Waals surface area contributed by atoms with Crippen molar-refractivity contribution in [1.82, 2.24) is 15.7 Å². The molecule has 4 aliphatic rings. The Bertz CT molecular complexity index is 625. The van der Waals surface area contributed by atoms with Crippen LogP contribution in [-0.2, 0) is 9.59 Å². The number of hydrogen-bond donors (Lipinski definition) is 3. The van der Waals surface area contributed by atoms with Crippen LogP contribution in [0.25, 0.3) is 0 Å². The maximum atomic E-state index is 13.0. The lowest BCUT2D eigenvalue weighted by molar-refractivity contribution is -0.148. The van der Waals surface area contributed by atoms with Crippen LogP contribution < -0.4 is 16.2 Å². The summed E-state index contributed by atoms with van der Waals surface area (Å²) in [5.74, 6) is 1.99. The van der Waals surface area contributed by atoms with Crippen LogP contribution >= 0.6 is 0 Å². The Balaban J connectivity index is 1.33. The fourth-order valence-electron chi connectivity index (χ4n) is 5.48. The molecule has 6 nitrogen and oxygen atoms in total. The average Bonchev–Trinajstić information content (AvgIpc) is 2.59. The lowest BCUT2D eigenvalue weighted by Crippen LogP contribution is -2.57. The van der Waals surface area contributed by atoms with Gasteiger partial charge in [-0.2, -0.15) is 0 Å². The van der Waals surface area contributed by atoms with Gasteiger partial charge in [0.1, 0.15) is 6.04 Å². The van der Waals surface area contributed by atoms with E-state index in [0.717, 1.165) is 42.7 Å². The Labute approximate surface area is 148 Å². The van der Waals surface area contributed by atoms with E-state index in [4.69, 9.17) is 0 Å². The molecule has 4 aliphatic carbocycles. The normalized spacial score (nSPS) is 33.6. The van der Waals surface area contributed by atoms with Crippen LogP contribution in [-0.4, -0.2) is 22.8 Å². The summed E-state index contributed by atoms with van der Waals surface area (Å²) in [5, 5.41) is 2.97. The van der Waals surface area contributed by atoms with E-state index in [1.54, 1.807) is 31.5 Å². The fourth-order valence-corrected chi connectivity index (χ4v) is 5.48. The van der Waals surface area contributed by atoms with Gasteiger partial charge in [0.05, 0.1) is 5.69 Å². The molecule has 1 aromatic rings. The summed E-state index contributed by atoms with van der Waals surface area (Å²) in [6, 6.07) is 2.97. The number of pyridine rings is 1. The molecule has 6 heteroatoms. The molecule has 3 N–H and O–H groups in total. The zero-order valence-corrected chi connectivity index (χ0v) is 14.6. The molecule has 0 saturated heterocycles. The SMILES string of the molecule is CC(NC(=O)C12CC3CC(CC(C3)C1)C2)C(=O)NNc1ccncc1. The van der Waals surface area contributed by atoms with Crippen LogP contribution in [0.5, 0.6) is 0 Å². The second-order valence-corrected chi connectivity index (χ2v) is 8.24. The van der Waals surface area contributed by atoms with Crippen LogP contribution in [0.3, 0.4) is 0 Å². The van der Waals surface area contributed by atoms with E-state index in [-0.39, 0.29) is 17.2 Å². The second kappa shape index (κ2) is 6.32. The third-order valence-electron chi connectivity index (χ3n) is 6.27. The summed E-state index contributed by atoms with van der Waals surface area (Å²) in [4.78, 5) is 29.2. The smallest absolute Gasteiger partial charge is 0.260 e. The van der Waals surface area contributed by atoms with Crippen molar-refractivity contribution in [2.75, 3.05) is 5.43 Å². The van der Waals surface area contributed by atoms with Gasteiger partial charge < -0.3 is 5.32 Å². The van der Waals surface area contributed by atoms with Crippen molar-refractivity contribution in [3.8, 4) is 0 Å². The van der Waals surface area contributed by atoms with E-state index in [0.29, 0.717) is 0 Å². The first-order chi connectivity index (χ1) is 12.0. The van der Waals surface area contributed by atoms with Crippen molar-refractivity contribution in [2.45, 2.75) is 51.5 Å². The van der Waals surface area contributed by atoms with Crippen molar-refractivity contribution in [3.05, 3.63) is 24.5 Å². The van der Waals surface area contributed by atoms with E-state index in [2.05, 4.69) is 21.2 Å². The van der Waals surface area contributed by atoms with Crippen molar-refractivity contribution in [2.24, 2.45) is 23.2 Å². The van der Waals surface area contributed by atoms with E-state index in [1.165, 1.54) is 19.3 Å². The molecule has 0 aliphatic heterocycles. The molecular formula is C19H26N4O2. The first kappa shape index (κ1) is 16.4. The van der Waals surface area contributed by atoms with E-state index in [9.17, 15) is 9.59 Å². The van der Waals surface area contributed by atoms with Crippen LogP contribution in [0.15, 0.2) is 24.5 Å². The highest BCUT2D eigenvalue weighted by Crippen LogP contribution is 2.60. The summed E-state index contributed by atoms with van der Waals surface area (Å²) in [7, 11) is 0. The Kier molecular flexibility index (Phi) is 4.13. The van der Waals surface area contributed by atoms with Gasteiger partial charge in [0, 0.05) is 17.8 Å². The summed E-state index contributed by atoms with van der Waals surface area (Å²) in [6.07, 6.45) is 10.2. The molecule has 2 amide bonds. The minimum atomic E-state index is -0.560. The lowest BCUT2D eigenvalue weighted by atomic mass is 9.49. The molecular weight excluding hydrogens is 316 g/mol. The van der Waals surface area contributed by atoms with Gasteiger partial charge in [-0.25, -0.2) is 0 Å². The Morgan fingerprint density at radius 1 is 1.08 bits per heavy atom. The zero-order valence-electron chi connectivity index (χ0n) is 14.6. The Hall–Kier alpha value is -2.11. The van der Waals surface area contributed by atoms with Gasteiger partial charge >= 0.3 is 0 Å². The highest BCUT2D eigenvalue weighted by molar-refractivity contribution is 5.90. The number of anilines is 1. The molecule has 0 spiro atoms. The Morgan fingerprint density at radius 3 is 2.20 bits per heavy atom. The van der Waals surface area contributed by atoms with Gasteiger partial charge in [-0.3, -0.25) is 25.4 Å².